The standard InChI is InChI=1S/C14H20N2O2/c15-14(18)12-7-9-16(8-3-4-10-17)13-6-2-1-5-11(12)13/h1-2,5-6,12,17H,3-4,7-10H2,(H2,15,18). The van der Waals surface area contributed by atoms with Crippen molar-refractivity contribution in [1.82, 2.24) is 0 Å². The van der Waals surface area contributed by atoms with Crippen LogP contribution in [0.1, 0.15) is 30.7 Å². The summed E-state index contributed by atoms with van der Waals surface area (Å²) in [6.45, 7) is 2.01. The molecule has 1 aliphatic rings. The van der Waals surface area contributed by atoms with Crippen LogP contribution < -0.4 is 10.6 Å². The van der Waals surface area contributed by atoms with E-state index in [-0.39, 0.29) is 18.4 Å². The molecule has 1 aromatic carbocycles. The Morgan fingerprint density at radius 3 is 2.89 bits per heavy atom. The summed E-state index contributed by atoms with van der Waals surface area (Å²) >= 11 is 0. The first-order valence-electron chi connectivity index (χ1n) is 6.48. The molecule has 98 valence electrons. The Morgan fingerprint density at radius 1 is 1.39 bits per heavy atom. The fraction of sp³-hybridized carbons (Fsp3) is 0.500. The van der Waals surface area contributed by atoms with Crippen molar-refractivity contribution in [2.45, 2.75) is 25.2 Å². The second-order valence-electron chi connectivity index (χ2n) is 4.72. The molecule has 0 saturated heterocycles. The maximum atomic E-state index is 11.5. The zero-order valence-electron chi connectivity index (χ0n) is 10.5. The number of primary amides is 1. The Hall–Kier alpha value is -1.55. The van der Waals surface area contributed by atoms with Gasteiger partial charge < -0.3 is 15.7 Å². The first-order valence-corrected chi connectivity index (χ1v) is 6.48. The zero-order chi connectivity index (χ0) is 13.0. The third-order valence-electron chi connectivity index (χ3n) is 3.52. The van der Waals surface area contributed by atoms with Gasteiger partial charge in [-0.15, -0.1) is 0 Å². The van der Waals surface area contributed by atoms with Gasteiger partial charge in [-0.05, 0) is 30.9 Å². The van der Waals surface area contributed by atoms with Gasteiger partial charge in [0.25, 0.3) is 0 Å². The van der Waals surface area contributed by atoms with Gasteiger partial charge in [0.1, 0.15) is 0 Å². The third kappa shape index (κ3) is 2.64. The summed E-state index contributed by atoms with van der Waals surface area (Å²) in [5.41, 5.74) is 7.62. The van der Waals surface area contributed by atoms with E-state index in [1.807, 2.05) is 24.3 Å². The van der Waals surface area contributed by atoms with E-state index in [0.29, 0.717) is 0 Å². The lowest BCUT2D eigenvalue weighted by atomic mass is 9.89. The van der Waals surface area contributed by atoms with Gasteiger partial charge in [-0.2, -0.15) is 0 Å². The van der Waals surface area contributed by atoms with Crippen LogP contribution in [0.4, 0.5) is 5.69 Å². The molecule has 4 nitrogen and oxygen atoms in total. The number of anilines is 1. The number of rotatable bonds is 5. The molecule has 1 amide bonds. The van der Waals surface area contributed by atoms with Crippen molar-refractivity contribution in [2.75, 3.05) is 24.6 Å². The van der Waals surface area contributed by atoms with Gasteiger partial charge in [0.15, 0.2) is 0 Å². The lowest BCUT2D eigenvalue weighted by molar-refractivity contribution is -0.119. The molecule has 1 heterocycles. The normalized spacial score (nSPS) is 18.5. The predicted molar refractivity (Wildman–Crippen MR) is 71.5 cm³/mol. The molecule has 1 unspecified atom stereocenters. The fourth-order valence-electron chi connectivity index (χ4n) is 2.57. The summed E-state index contributed by atoms with van der Waals surface area (Å²) in [5, 5.41) is 8.83. The number of aliphatic hydroxyl groups is 1. The molecular weight excluding hydrogens is 228 g/mol. The van der Waals surface area contributed by atoms with Crippen LogP contribution in [0.2, 0.25) is 0 Å². The molecule has 1 aliphatic heterocycles. The van der Waals surface area contributed by atoms with Gasteiger partial charge in [-0.3, -0.25) is 4.79 Å². The summed E-state index contributed by atoms with van der Waals surface area (Å²) < 4.78 is 0. The first kappa shape index (κ1) is 12.9. The Bertz CT molecular complexity index is 420. The van der Waals surface area contributed by atoms with Gasteiger partial charge in [-0.1, -0.05) is 18.2 Å². The number of fused-ring (bicyclic) bond motifs is 1. The molecular formula is C14H20N2O2. The molecule has 1 aromatic rings. The highest BCUT2D eigenvalue weighted by Crippen LogP contribution is 2.34. The van der Waals surface area contributed by atoms with Gasteiger partial charge in [-0.25, -0.2) is 0 Å². The number of para-hydroxylation sites is 1. The second kappa shape index (κ2) is 5.87. The Labute approximate surface area is 107 Å². The molecule has 2 rings (SSSR count). The van der Waals surface area contributed by atoms with Crippen molar-refractivity contribution in [3.8, 4) is 0 Å². The Morgan fingerprint density at radius 2 is 2.17 bits per heavy atom. The van der Waals surface area contributed by atoms with E-state index in [9.17, 15) is 4.79 Å². The first-order chi connectivity index (χ1) is 8.74. The van der Waals surface area contributed by atoms with Crippen molar-refractivity contribution in [2.24, 2.45) is 5.73 Å². The monoisotopic (exact) mass is 248 g/mol. The number of unbranched alkanes of at least 4 members (excludes halogenated alkanes) is 1. The average molecular weight is 248 g/mol. The number of hydrogen-bond donors (Lipinski definition) is 2. The van der Waals surface area contributed by atoms with Crippen LogP contribution >= 0.6 is 0 Å². The van der Waals surface area contributed by atoms with Crippen LogP contribution in [0.15, 0.2) is 24.3 Å². The van der Waals surface area contributed by atoms with E-state index < -0.39 is 0 Å². The molecule has 18 heavy (non-hydrogen) atoms. The van der Waals surface area contributed by atoms with E-state index in [1.165, 1.54) is 0 Å². The number of nitrogens with zero attached hydrogens (tertiary/aromatic N) is 1. The third-order valence-corrected chi connectivity index (χ3v) is 3.52. The smallest absolute Gasteiger partial charge is 0.225 e. The molecule has 0 saturated carbocycles. The summed E-state index contributed by atoms with van der Waals surface area (Å²) in [7, 11) is 0. The molecule has 1 atom stereocenters. The largest absolute Gasteiger partial charge is 0.396 e. The van der Waals surface area contributed by atoms with E-state index in [1.54, 1.807) is 0 Å². The van der Waals surface area contributed by atoms with E-state index in [0.717, 1.165) is 43.6 Å². The number of nitrogens with two attached hydrogens (primary N) is 1. The van der Waals surface area contributed by atoms with Crippen LogP contribution in [-0.2, 0) is 4.79 Å². The van der Waals surface area contributed by atoms with E-state index in [4.69, 9.17) is 10.8 Å². The summed E-state index contributed by atoms with van der Waals surface area (Å²) in [6.07, 6.45) is 2.56. The minimum Gasteiger partial charge on any atom is -0.396 e. The van der Waals surface area contributed by atoms with Crippen LogP contribution in [0.25, 0.3) is 0 Å². The van der Waals surface area contributed by atoms with Crippen molar-refractivity contribution >= 4 is 11.6 Å². The highest BCUT2D eigenvalue weighted by molar-refractivity contribution is 5.85. The van der Waals surface area contributed by atoms with Gasteiger partial charge >= 0.3 is 0 Å². The molecule has 0 radical (unpaired) electrons. The Kier molecular flexibility index (Phi) is 4.20. The molecule has 0 bridgehead atoms. The Balaban J connectivity index is 2.17. The van der Waals surface area contributed by atoms with Gasteiger partial charge in [0, 0.05) is 25.4 Å². The predicted octanol–water partition coefficient (Wildman–Crippen LogP) is 1.24. The number of carbonyl (C=O) groups is 1. The van der Waals surface area contributed by atoms with E-state index in [2.05, 4.69) is 4.90 Å². The van der Waals surface area contributed by atoms with Crippen LogP contribution in [0.5, 0.6) is 0 Å². The average Bonchev–Trinajstić information content (AvgIpc) is 2.38. The van der Waals surface area contributed by atoms with Crippen molar-refractivity contribution in [3.63, 3.8) is 0 Å². The number of benzene rings is 1. The number of amides is 1. The van der Waals surface area contributed by atoms with Crippen LogP contribution in [0.3, 0.4) is 0 Å². The van der Waals surface area contributed by atoms with Gasteiger partial charge in [0.2, 0.25) is 5.91 Å². The molecule has 0 fully saturated rings. The van der Waals surface area contributed by atoms with Crippen LogP contribution in [0, 0.1) is 0 Å². The minimum atomic E-state index is -0.238. The summed E-state index contributed by atoms with van der Waals surface area (Å²) in [5.74, 6) is -0.396. The topological polar surface area (TPSA) is 66.6 Å². The zero-order valence-corrected chi connectivity index (χ0v) is 10.5. The molecule has 0 aliphatic carbocycles. The summed E-state index contributed by atoms with van der Waals surface area (Å²) in [4.78, 5) is 13.7. The number of hydrogen-bond acceptors (Lipinski definition) is 3. The molecule has 4 heteroatoms. The number of aliphatic hydroxyl groups excluding tert-OH is 1. The number of carbonyl (C=O) groups excluding carboxylic acids is 1. The SMILES string of the molecule is NC(=O)C1CCN(CCCCO)c2ccccc21. The quantitative estimate of drug-likeness (QED) is 0.770. The highest BCUT2D eigenvalue weighted by Gasteiger charge is 2.27. The molecule has 0 spiro atoms. The summed E-state index contributed by atoms with van der Waals surface area (Å²) in [6, 6.07) is 7.97. The van der Waals surface area contributed by atoms with E-state index >= 15 is 0 Å². The maximum Gasteiger partial charge on any atom is 0.225 e. The van der Waals surface area contributed by atoms with Crippen molar-refractivity contribution in [1.29, 1.82) is 0 Å². The maximum absolute atomic E-state index is 11.5. The minimum absolute atomic E-state index is 0.157. The lowest BCUT2D eigenvalue weighted by Crippen LogP contribution is -2.36. The van der Waals surface area contributed by atoms with Crippen molar-refractivity contribution < 1.29 is 9.90 Å². The lowest BCUT2D eigenvalue weighted by Gasteiger charge is -2.34. The molecule has 0 aromatic heterocycles. The highest BCUT2D eigenvalue weighted by atomic mass is 16.2. The van der Waals surface area contributed by atoms with Crippen LogP contribution in [-0.4, -0.2) is 30.7 Å². The fourth-order valence-corrected chi connectivity index (χ4v) is 2.57. The second-order valence-corrected chi connectivity index (χ2v) is 4.72. The molecule has 3 N–H and O–H groups in total. The van der Waals surface area contributed by atoms with Crippen molar-refractivity contribution in [3.05, 3.63) is 29.8 Å². The van der Waals surface area contributed by atoms with Gasteiger partial charge in [0.05, 0.1) is 5.92 Å².